The van der Waals surface area contributed by atoms with Crippen molar-refractivity contribution in [3.05, 3.63) is 17.2 Å². The van der Waals surface area contributed by atoms with Crippen LogP contribution in [0.15, 0.2) is 12.1 Å². The van der Waals surface area contributed by atoms with Crippen molar-refractivity contribution in [2.75, 3.05) is 31.6 Å². The minimum absolute atomic E-state index is 0.163. The lowest BCUT2D eigenvalue weighted by Crippen LogP contribution is -2.37. The number of carboxylic acid groups (broad SMARTS) is 1. The lowest BCUT2D eigenvalue weighted by atomic mass is 9.90. The molecule has 1 fully saturated rings. The van der Waals surface area contributed by atoms with Crippen LogP contribution in [0.3, 0.4) is 0 Å². The van der Waals surface area contributed by atoms with E-state index in [9.17, 15) is 14.7 Å². The fourth-order valence-electron chi connectivity index (χ4n) is 2.78. The number of carbonyl (C=O) groups excluding carboxylic acids is 1. The van der Waals surface area contributed by atoms with Gasteiger partial charge in [-0.25, -0.2) is 4.79 Å². The molecule has 0 aliphatic carbocycles. The summed E-state index contributed by atoms with van der Waals surface area (Å²) in [6.45, 7) is 3.28. The maximum atomic E-state index is 12.4. The summed E-state index contributed by atoms with van der Waals surface area (Å²) in [5.41, 5.74) is -0.499. The number of halogens is 1. The summed E-state index contributed by atoms with van der Waals surface area (Å²) >= 11 is 6.21. The number of nitrogens with one attached hydrogen (secondary N) is 1. The molecule has 1 aromatic rings. The summed E-state index contributed by atoms with van der Waals surface area (Å²) in [7, 11) is 0. The number of aliphatic carboxylic acids is 1. The number of nitrogens with zero attached hydrogens (tertiary/aromatic N) is 1. The Labute approximate surface area is 144 Å². The van der Waals surface area contributed by atoms with Gasteiger partial charge in [0.1, 0.15) is 0 Å². The number of ether oxygens (including phenoxy) is 2. The van der Waals surface area contributed by atoms with Gasteiger partial charge in [0.2, 0.25) is 0 Å². The van der Waals surface area contributed by atoms with Crippen molar-refractivity contribution in [1.82, 2.24) is 4.90 Å². The molecule has 130 valence electrons. The van der Waals surface area contributed by atoms with Crippen LogP contribution in [-0.2, 0) is 4.79 Å². The quantitative estimate of drug-likeness (QED) is 0.852. The van der Waals surface area contributed by atoms with Crippen molar-refractivity contribution in [1.29, 1.82) is 0 Å². The number of hydrogen-bond donors (Lipinski definition) is 2. The Balaban J connectivity index is 1.73. The molecule has 2 aliphatic rings. The van der Waals surface area contributed by atoms with Crippen LogP contribution >= 0.6 is 11.6 Å². The first kappa shape index (κ1) is 16.7. The van der Waals surface area contributed by atoms with E-state index in [-0.39, 0.29) is 12.6 Å². The highest BCUT2D eigenvalue weighted by Gasteiger charge is 2.42. The summed E-state index contributed by atoms with van der Waals surface area (Å²) in [6.07, 6.45) is 1.19. The first-order valence-corrected chi connectivity index (χ1v) is 8.15. The molecule has 0 aromatic heterocycles. The summed E-state index contributed by atoms with van der Waals surface area (Å²) in [6, 6.07) is 2.87. The molecule has 8 heteroatoms. The van der Waals surface area contributed by atoms with Crippen LogP contribution in [0, 0.1) is 5.41 Å². The number of carbonyl (C=O) groups is 2. The zero-order chi connectivity index (χ0) is 17.3. The second-order valence-corrected chi connectivity index (χ2v) is 6.70. The maximum absolute atomic E-state index is 12.4. The van der Waals surface area contributed by atoms with Crippen molar-refractivity contribution in [2.45, 2.75) is 19.8 Å². The van der Waals surface area contributed by atoms with Crippen LogP contribution in [0.1, 0.15) is 19.8 Å². The predicted molar refractivity (Wildman–Crippen MR) is 88.0 cm³/mol. The van der Waals surface area contributed by atoms with E-state index in [1.165, 1.54) is 4.90 Å². The number of likely N-dealkylation sites (tertiary alicyclic amines) is 1. The summed E-state index contributed by atoms with van der Waals surface area (Å²) in [5.74, 6) is 0.186. The Morgan fingerprint density at radius 2 is 1.96 bits per heavy atom. The van der Waals surface area contributed by atoms with Gasteiger partial charge >= 0.3 is 12.0 Å². The molecule has 7 nitrogen and oxygen atoms in total. The van der Waals surface area contributed by atoms with E-state index in [1.54, 1.807) is 19.1 Å². The van der Waals surface area contributed by atoms with Crippen LogP contribution < -0.4 is 14.8 Å². The van der Waals surface area contributed by atoms with Gasteiger partial charge in [-0.1, -0.05) is 11.6 Å². The van der Waals surface area contributed by atoms with Gasteiger partial charge < -0.3 is 24.8 Å². The summed E-state index contributed by atoms with van der Waals surface area (Å²) < 4.78 is 11.1. The number of benzene rings is 1. The Bertz CT molecular complexity index is 681. The number of carboxylic acids is 1. The smallest absolute Gasteiger partial charge is 0.321 e. The Hall–Kier alpha value is -2.15. The van der Waals surface area contributed by atoms with Crippen molar-refractivity contribution in [3.63, 3.8) is 0 Å². The Morgan fingerprint density at radius 1 is 1.29 bits per heavy atom. The molecule has 0 saturated carbocycles. The fraction of sp³-hybridized carbons (Fsp3) is 0.500. The number of anilines is 1. The van der Waals surface area contributed by atoms with E-state index in [1.807, 2.05) is 0 Å². The average Bonchev–Trinajstić information content (AvgIpc) is 2.81. The van der Waals surface area contributed by atoms with E-state index in [2.05, 4.69) is 5.32 Å². The topological polar surface area (TPSA) is 88.1 Å². The minimum atomic E-state index is -0.911. The van der Waals surface area contributed by atoms with Crippen molar-refractivity contribution in [3.8, 4) is 11.5 Å². The van der Waals surface area contributed by atoms with Crippen LogP contribution in [0.5, 0.6) is 11.5 Å². The third-order valence-corrected chi connectivity index (χ3v) is 4.67. The zero-order valence-electron chi connectivity index (χ0n) is 13.3. The monoisotopic (exact) mass is 354 g/mol. The second kappa shape index (κ2) is 6.39. The van der Waals surface area contributed by atoms with Crippen molar-refractivity contribution in [2.24, 2.45) is 5.41 Å². The molecule has 2 amide bonds. The standard InChI is InChI=1S/C16H19ClN2O5/c1-16(14(20)21)3-4-19(9-16)15(22)18-11-8-13-12(7-10(11)17)23-5-2-6-24-13/h7-8H,2-6,9H2,1H3,(H,18,22)(H,20,21). The molecule has 0 bridgehead atoms. The highest BCUT2D eigenvalue weighted by Crippen LogP contribution is 2.38. The summed E-state index contributed by atoms with van der Waals surface area (Å²) in [4.78, 5) is 25.2. The highest BCUT2D eigenvalue weighted by molar-refractivity contribution is 6.34. The largest absolute Gasteiger partial charge is 0.490 e. The number of rotatable bonds is 2. The number of amides is 2. The van der Waals surface area contributed by atoms with Crippen LogP contribution in [0.4, 0.5) is 10.5 Å². The van der Waals surface area contributed by atoms with E-state index in [4.69, 9.17) is 21.1 Å². The Kier molecular flexibility index (Phi) is 4.45. The predicted octanol–water partition coefficient (Wildman–Crippen LogP) is 2.83. The van der Waals surface area contributed by atoms with Gasteiger partial charge in [0, 0.05) is 31.6 Å². The number of fused-ring (bicyclic) bond motifs is 1. The third kappa shape index (κ3) is 3.21. The van der Waals surface area contributed by atoms with Crippen molar-refractivity contribution < 1.29 is 24.2 Å². The molecular weight excluding hydrogens is 336 g/mol. The molecular formula is C16H19ClN2O5. The molecule has 2 heterocycles. The van der Waals surface area contributed by atoms with E-state index < -0.39 is 11.4 Å². The van der Waals surface area contributed by atoms with Crippen LogP contribution in [-0.4, -0.2) is 48.3 Å². The molecule has 0 spiro atoms. The number of urea groups is 1. The second-order valence-electron chi connectivity index (χ2n) is 6.30. The van der Waals surface area contributed by atoms with Gasteiger partial charge in [-0.15, -0.1) is 0 Å². The lowest BCUT2D eigenvalue weighted by molar-refractivity contribution is -0.146. The molecule has 24 heavy (non-hydrogen) atoms. The molecule has 2 N–H and O–H groups in total. The van der Waals surface area contributed by atoms with E-state index in [0.717, 1.165) is 6.42 Å². The first-order chi connectivity index (χ1) is 11.4. The van der Waals surface area contributed by atoms with Gasteiger partial charge in [-0.2, -0.15) is 0 Å². The van der Waals surface area contributed by atoms with Crippen molar-refractivity contribution >= 4 is 29.3 Å². The normalized spacial score (nSPS) is 22.8. The molecule has 3 rings (SSSR count). The maximum Gasteiger partial charge on any atom is 0.321 e. The molecule has 1 unspecified atom stereocenters. The fourth-order valence-corrected chi connectivity index (χ4v) is 2.98. The lowest BCUT2D eigenvalue weighted by Gasteiger charge is -2.21. The van der Waals surface area contributed by atoms with E-state index in [0.29, 0.717) is 48.4 Å². The van der Waals surface area contributed by atoms with Gasteiger partial charge in [0.25, 0.3) is 0 Å². The Morgan fingerprint density at radius 3 is 2.58 bits per heavy atom. The number of hydrogen-bond acceptors (Lipinski definition) is 4. The molecule has 0 radical (unpaired) electrons. The van der Waals surface area contributed by atoms with E-state index >= 15 is 0 Å². The SMILES string of the molecule is CC1(C(=O)O)CCN(C(=O)Nc2cc3c(cc2Cl)OCCCO3)C1. The van der Waals surface area contributed by atoms with Gasteiger partial charge in [0.05, 0.1) is 29.3 Å². The minimum Gasteiger partial charge on any atom is -0.490 e. The van der Waals surface area contributed by atoms with Crippen LogP contribution in [0.25, 0.3) is 0 Å². The molecule has 2 aliphatic heterocycles. The van der Waals surface area contributed by atoms with Crippen LogP contribution in [0.2, 0.25) is 5.02 Å². The first-order valence-electron chi connectivity index (χ1n) is 7.77. The van der Waals surface area contributed by atoms with Gasteiger partial charge in [0.15, 0.2) is 11.5 Å². The third-order valence-electron chi connectivity index (χ3n) is 4.36. The molecule has 1 atom stereocenters. The summed E-state index contributed by atoms with van der Waals surface area (Å²) in [5, 5.41) is 12.3. The molecule has 1 saturated heterocycles. The zero-order valence-corrected chi connectivity index (χ0v) is 14.1. The highest BCUT2D eigenvalue weighted by atomic mass is 35.5. The van der Waals surface area contributed by atoms with Gasteiger partial charge in [-0.3, -0.25) is 4.79 Å². The average molecular weight is 355 g/mol. The molecule has 1 aromatic carbocycles. The van der Waals surface area contributed by atoms with Gasteiger partial charge in [-0.05, 0) is 13.3 Å².